The van der Waals surface area contributed by atoms with Crippen LogP contribution in [0.4, 0.5) is 5.69 Å². The molecule has 4 nitrogen and oxygen atoms in total. The highest BCUT2D eigenvalue weighted by Crippen LogP contribution is 2.24. The number of hydrogen-bond donors (Lipinski definition) is 2. The summed E-state index contributed by atoms with van der Waals surface area (Å²) in [5.41, 5.74) is 1.11. The lowest BCUT2D eigenvalue weighted by Gasteiger charge is -2.10. The summed E-state index contributed by atoms with van der Waals surface area (Å²) < 4.78 is 1.06. The monoisotopic (exact) mass is 307 g/mol. The van der Waals surface area contributed by atoms with E-state index in [9.17, 15) is 14.7 Å². The Morgan fingerprint density at radius 1 is 1.30 bits per heavy atom. The van der Waals surface area contributed by atoms with Crippen molar-refractivity contribution < 1.29 is 14.7 Å². The van der Waals surface area contributed by atoms with Gasteiger partial charge in [-0.2, -0.15) is 0 Å². The lowest BCUT2D eigenvalue weighted by atomic mass is 10.1. The summed E-state index contributed by atoms with van der Waals surface area (Å²) in [7, 11) is 0. The van der Waals surface area contributed by atoms with Gasteiger partial charge in [0, 0.05) is 0 Å². The van der Waals surface area contributed by atoms with E-state index in [0.29, 0.717) is 11.3 Å². The van der Waals surface area contributed by atoms with Crippen LogP contribution in [0.1, 0.15) is 15.9 Å². The molecule has 0 unspecified atom stereocenters. The Kier molecular flexibility index (Phi) is 4.81. The molecule has 0 aliphatic rings. The van der Waals surface area contributed by atoms with E-state index in [0.717, 1.165) is 4.21 Å². The molecule has 1 aromatic carbocycles. The predicted octanol–water partition coefficient (Wildman–Crippen LogP) is 3.49. The Hall–Kier alpha value is -1.79. The second kappa shape index (κ2) is 6.58. The van der Waals surface area contributed by atoms with Gasteiger partial charge in [0.1, 0.15) is 0 Å². The fourth-order valence-electron chi connectivity index (χ4n) is 1.72. The van der Waals surface area contributed by atoms with Gasteiger partial charge in [0.05, 0.1) is 21.2 Å². The number of carboxylic acid groups (broad SMARTS) is 1. The van der Waals surface area contributed by atoms with Gasteiger partial charge in [-0.25, -0.2) is 4.79 Å². The van der Waals surface area contributed by atoms with Gasteiger partial charge >= 0.3 is 5.97 Å². The molecule has 104 valence electrons. The molecule has 0 atom stereocenters. The number of anilines is 1. The standard InChI is InChI=1S/C14H13NO3S2/c1-9-4-2-5-10(13(9)14(17)18)15-11(16)8-20-12-6-3-7-19-12/h2-7H,8H2,1H3,(H,15,16)(H,17,18). The van der Waals surface area contributed by atoms with Crippen LogP contribution in [0, 0.1) is 6.92 Å². The van der Waals surface area contributed by atoms with Crippen LogP contribution in [0.3, 0.4) is 0 Å². The third kappa shape index (κ3) is 3.61. The summed E-state index contributed by atoms with van der Waals surface area (Å²) in [5.74, 6) is -0.992. The number of nitrogens with one attached hydrogen (secondary N) is 1. The van der Waals surface area contributed by atoms with E-state index in [4.69, 9.17) is 0 Å². The van der Waals surface area contributed by atoms with Crippen molar-refractivity contribution in [3.8, 4) is 0 Å². The first-order chi connectivity index (χ1) is 9.58. The Labute approximate surface area is 124 Å². The molecule has 1 heterocycles. The number of amides is 1. The highest BCUT2D eigenvalue weighted by atomic mass is 32.2. The molecule has 2 N–H and O–H groups in total. The third-order valence-electron chi connectivity index (χ3n) is 2.60. The van der Waals surface area contributed by atoms with Crippen LogP contribution >= 0.6 is 23.1 Å². The van der Waals surface area contributed by atoms with Crippen molar-refractivity contribution >= 4 is 40.7 Å². The molecule has 0 aliphatic carbocycles. The van der Waals surface area contributed by atoms with Crippen molar-refractivity contribution in [3.63, 3.8) is 0 Å². The van der Waals surface area contributed by atoms with Gasteiger partial charge in [0.2, 0.25) is 5.91 Å². The van der Waals surface area contributed by atoms with Gasteiger partial charge in [0.15, 0.2) is 0 Å². The molecule has 2 aromatic rings. The molecule has 1 aromatic heterocycles. The molecular weight excluding hydrogens is 294 g/mol. The number of thiophene rings is 1. The van der Waals surface area contributed by atoms with Crippen LogP contribution < -0.4 is 5.32 Å². The Balaban J connectivity index is 2.04. The van der Waals surface area contributed by atoms with E-state index in [1.807, 2.05) is 17.5 Å². The highest BCUT2D eigenvalue weighted by Gasteiger charge is 2.14. The summed E-state index contributed by atoms with van der Waals surface area (Å²) in [5, 5.41) is 13.8. The largest absolute Gasteiger partial charge is 0.478 e. The molecule has 1 amide bonds. The van der Waals surface area contributed by atoms with Gasteiger partial charge in [-0.15, -0.1) is 23.1 Å². The summed E-state index contributed by atoms with van der Waals surface area (Å²) >= 11 is 3.00. The van der Waals surface area contributed by atoms with Crippen LogP contribution in [0.15, 0.2) is 39.9 Å². The molecule has 0 bridgehead atoms. The van der Waals surface area contributed by atoms with E-state index in [1.54, 1.807) is 36.5 Å². The maximum Gasteiger partial charge on any atom is 0.338 e. The molecule has 0 radical (unpaired) electrons. The molecule has 0 saturated carbocycles. The quantitative estimate of drug-likeness (QED) is 0.830. The molecule has 0 saturated heterocycles. The summed E-state index contributed by atoms with van der Waals surface area (Å²) in [6, 6.07) is 8.90. The van der Waals surface area contributed by atoms with Crippen molar-refractivity contribution in [2.24, 2.45) is 0 Å². The van der Waals surface area contributed by atoms with Gasteiger partial charge < -0.3 is 10.4 Å². The fraction of sp³-hybridized carbons (Fsp3) is 0.143. The van der Waals surface area contributed by atoms with E-state index >= 15 is 0 Å². The molecule has 0 fully saturated rings. The van der Waals surface area contributed by atoms with Crippen molar-refractivity contribution in [2.45, 2.75) is 11.1 Å². The van der Waals surface area contributed by atoms with Crippen molar-refractivity contribution in [3.05, 3.63) is 46.8 Å². The Bertz CT molecular complexity index is 623. The average Bonchev–Trinajstić information content (AvgIpc) is 2.89. The molecule has 20 heavy (non-hydrogen) atoms. The number of benzene rings is 1. The second-order valence-electron chi connectivity index (χ2n) is 4.07. The van der Waals surface area contributed by atoms with Crippen LogP contribution in [-0.2, 0) is 4.79 Å². The van der Waals surface area contributed by atoms with Gasteiger partial charge in [-0.05, 0) is 30.0 Å². The zero-order valence-corrected chi connectivity index (χ0v) is 12.4. The molecule has 0 aliphatic heterocycles. The predicted molar refractivity (Wildman–Crippen MR) is 81.8 cm³/mol. The minimum Gasteiger partial charge on any atom is -0.478 e. The smallest absolute Gasteiger partial charge is 0.338 e. The van der Waals surface area contributed by atoms with E-state index in [2.05, 4.69) is 5.32 Å². The van der Waals surface area contributed by atoms with E-state index in [1.165, 1.54) is 11.8 Å². The van der Waals surface area contributed by atoms with E-state index < -0.39 is 5.97 Å². The SMILES string of the molecule is Cc1cccc(NC(=O)CSc2cccs2)c1C(=O)O. The van der Waals surface area contributed by atoms with Crippen molar-refractivity contribution in [1.82, 2.24) is 0 Å². The van der Waals surface area contributed by atoms with Gasteiger partial charge in [-0.1, -0.05) is 18.2 Å². The molecule has 0 spiro atoms. The number of hydrogen-bond acceptors (Lipinski definition) is 4. The summed E-state index contributed by atoms with van der Waals surface area (Å²) in [6.07, 6.45) is 0. The van der Waals surface area contributed by atoms with E-state index in [-0.39, 0.29) is 17.2 Å². The number of carboxylic acids is 1. The minimum atomic E-state index is -1.04. The lowest BCUT2D eigenvalue weighted by molar-refractivity contribution is -0.113. The van der Waals surface area contributed by atoms with Gasteiger partial charge in [0.25, 0.3) is 0 Å². The summed E-state index contributed by atoms with van der Waals surface area (Å²) in [6.45, 7) is 1.71. The zero-order valence-electron chi connectivity index (χ0n) is 10.8. The maximum absolute atomic E-state index is 11.9. The Morgan fingerprint density at radius 2 is 2.10 bits per heavy atom. The number of thioether (sulfide) groups is 1. The van der Waals surface area contributed by atoms with Crippen molar-refractivity contribution in [2.75, 3.05) is 11.1 Å². The minimum absolute atomic E-state index is 0.141. The molecular formula is C14H13NO3S2. The number of carbonyl (C=O) groups is 2. The number of rotatable bonds is 5. The summed E-state index contributed by atoms with van der Waals surface area (Å²) in [4.78, 5) is 23.1. The maximum atomic E-state index is 11.9. The molecule has 6 heteroatoms. The number of aromatic carboxylic acids is 1. The Morgan fingerprint density at radius 3 is 2.75 bits per heavy atom. The topological polar surface area (TPSA) is 66.4 Å². The molecule has 2 rings (SSSR count). The number of carbonyl (C=O) groups excluding carboxylic acids is 1. The zero-order chi connectivity index (χ0) is 14.5. The van der Waals surface area contributed by atoms with Crippen LogP contribution in [0.5, 0.6) is 0 Å². The van der Waals surface area contributed by atoms with Crippen LogP contribution in [0.2, 0.25) is 0 Å². The normalized spacial score (nSPS) is 10.2. The van der Waals surface area contributed by atoms with Crippen LogP contribution in [-0.4, -0.2) is 22.7 Å². The van der Waals surface area contributed by atoms with Gasteiger partial charge in [-0.3, -0.25) is 4.79 Å². The van der Waals surface area contributed by atoms with Crippen LogP contribution in [0.25, 0.3) is 0 Å². The highest BCUT2D eigenvalue weighted by molar-refractivity contribution is 8.01. The number of aryl methyl sites for hydroxylation is 1. The van der Waals surface area contributed by atoms with Crippen molar-refractivity contribution in [1.29, 1.82) is 0 Å². The lowest BCUT2D eigenvalue weighted by Crippen LogP contribution is -2.17. The average molecular weight is 307 g/mol. The fourth-order valence-corrected chi connectivity index (χ4v) is 3.31. The first-order valence-corrected chi connectivity index (χ1v) is 7.73. The third-order valence-corrected chi connectivity index (χ3v) is 4.73. The first kappa shape index (κ1) is 14.6. The first-order valence-electron chi connectivity index (χ1n) is 5.87. The second-order valence-corrected chi connectivity index (χ2v) is 6.29.